The molecule has 0 unspecified atom stereocenters. The van der Waals surface area contributed by atoms with Crippen molar-refractivity contribution in [1.29, 1.82) is 0 Å². The Balaban J connectivity index is 2.00. The first kappa shape index (κ1) is 14.5. The van der Waals surface area contributed by atoms with Crippen molar-refractivity contribution in [2.24, 2.45) is 0 Å². The fourth-order valence-corrected chi connectivity index (χ4v) is 3.14. The number of hydrogen-bond donors (Lipinski definition) is 1. The van der Waals surface area contributed by atoms with E-state index < -0.39 is 0 Å². The number of likely N-dealkylation sites (N-methyl/N-ethyl adjacent to an activating group) is 1. The van der Waals surface area contributed by atoms with Gasteiger partial charge in [-0.25, -0.2) is 0 Å². The van der Waals surface area contributed by atoms with Gasteiger partial charge in [-0.05, 0) is 35.6 Å². The third kappa shape index (κ3) is 2.44. The summed E-state index contributed by atoms with van der Waals surface area (Å²) in [6.07, 6.45) is 0.962. The van der Waals surface area contributed by atoms with Crippen LogP contribution in [0, 0.1) is 0 Å². The molecule has 0 fully saturated rings. The highest BCUT2D eigenvalue weighted by molar-refractivity contribution is 7.11. The fraction of sp³-hybridized carbons (Fsp3) is 0.176. The van der Waals surface area contributed by atoms with E-state index in [0.717, 1.165) is 21.9 Å². The monoisotopic (exact) mass is 312 g/mol. The van der Waals surface area contributed by atoms with Gasteiger partial charge in [-0.1, -0.05) is 25.1 Å². The van der Waals surface area contributed by atoms with E-state index in [1.165, 1.54) is 23.9 Å². The van der Waals surface area contributed by atoms with E-state index in [1.807, 2.05) is 41.8 Å². The molecule has 0 radical (unpaired) electrons. The third-order valence-corrected chi connectivity index (χ3v) is 4.57. The molecule has 1 aliphatic heterocycles. The maximum Gasteiger partial charge on any atom is 0.277 e. The van der Waals surface area contributed by atoms with Crippen molar-refractivity contribution >= 4 is 34.4 Å². The van der Waals surface area contributed by atoms with Crippen molar-refractivity contribution in [3.8, 4) is 0 Å². The van der Waals surface area contributed by atoms with Crippen molar-refractivity contribution in [2.45, 2.75) is 13.3 Å². The number of aryl methyl sites for hydroxylation is 1. The van der Waals surface area contributed by atoms with E-state index in [9.17, 15) is 9.59 Å². The molecule has 0 aliphatic carbocycles. The summed E-state index contributed by atoms with van der Waals surface area (Å²) < 4.78 is 0. The van der Waals surface area contributed by atoms with Crippen molar-refractivity contribution in [2.75, 3.05) is 12.4 Å². The standard InChI is InChI=1S/C17H16N2O2S/c1-3-11-6-8-12(9-7-11)18-15-14(13-5-4-10-22-13)16(20)19(2)17(15)21/h4-10,18H,3H2,1-2H3. The summed E-state index contributed by atoms with van der Waals surface area (Å²) in [6, 6.07) is 11.6. The zero-order chi connectivity index (χ0) is 15.7. The lowest BCUT2D eigenvalue weighted by atomic mass is 10.1. The zero-order valence-corrected chi connectivity index (χ0v) is 13.2. The van der Waals surface area contributed by atoms with E-state index in [4.69, 9.17) is 0 Å². The topological polar surface area (TPSA) is 49.4 Å². The van der Waals surface area contributed by atoms with E-state index >= 15 is 0 Å². The third-order valence-electron chi connectivity index (χ3n) is 3.69. The molecular formula is C17H16N2O2S. The van der Waals surface area contributed by atoms with Gasteiger partial charge in [0.2, 0.25) is 0 Å². The molecule has 1 aliphatic rings. The normalized spacial score (nSPS) is 14.9. The van der Waals surface area contributed by atoms with Gasteiger partial charge in [0.1, 0.15) is 5.70 Å². The summed E-state index contributed by atoms with van der Waals surface area (Å²) in [5.41, 5.74) is 2.82. The number of carbonyl (C=O) groups is 2. The second-order valence-electron chi connectivity index (χ2n) is 5.07. The van der Waals surface area contributed by atoms with Crippen molar-refractivity contribution < 1.29 is 9.59 Å². The second kappa shape index (κ2) is 5.77. The van der Waals surface area contributed by atoms with Crippen LogP contribution in [0.25, 0.3) is 5.57 Å². The maximum atomic E-state index is 12.3. The van der Waals surface area contributed by atoms with Crippen LogP contribution in [0.5, 0.6) is 0 Å². The molecule has 2 aromatic rings. The second-order valence-corrected chi connectivity index (χ2v) is 6.02. The summed E-state index contributed by atoms with van der Waals surface area (Å²) >= 11 is 1.45. The summed E-state index contributed by atoms with van der Waals surface area (Å²) in [5.74, 6) is -0.562. The molecule has 0 saturated carbocycles. The molecule has 2 heterocycles. The minimum absolute atomic E-state index is 0.264. The van der Waals surface area contributed by atoms with Crippen LogP contribution in [0.2, 0.25) is 0 Å². The molecule has 22 heavy (non-hydrogen) atoms. The number of benzene rings is 1. The molecule has 1 aromatic carbocycles. The highest BCUT2D eigenvalue weighted by atomic mass is 32.1. The number of nitrogens with one attached hydrogen (secondary N) is 1. The van der Waals surface area contributed by atoms with Gasteiger partial charge < -0.3 is 5.32 Å². The first-order valence-corrected chi connectivity index (χ1v) is 7.96. The molecule has 1 N–H and O–H groups in total. The van der Waals surface area contributed by atoms with Gasteiger partial charge in [0.15, 0.2) is 0 Å². The SMILES string of the molecule is CCc1ccc(NC2=C(c3cccs3)C(=O)N(C)C2=O)cc1. The number of hydrogen-bond acceptors (Lipinski definition) is 4. The number of amides is 2. The number of nitrogens with zero attached hydrogens (tertiary/aromatic N) is 1. The number of imide groups is 1. The van der Waals surface area contributed by atoms with Crippen LogP contribution in [0.1, 0.15) is 17.4 Å². The highest BCUT2D eigenvalue weighted by Crippen LogP contribution is 2.31. The van der Waals surface area contributed by atoms with Crippen LogP contribution in [0.15, 0.2) is 47.5 Å². The lowest BCUT2D eigenvalue weighted by Gasteiger charge is -2.09. The largest absolute Gasteiger partial charge is 0.350 e. The summed E-state index contributed by atoms with van der Waals surface area (Å²) in [7, 11) is 1.51. The molecule has 3 rings (SSSR count). The van der Waals surface area contributed by atoms with E-state index in [1.54, 1.807) is 0 Å². The Morgan fingerprint density at radius 2 is 1.82 bits per heavy atom. The van der Waals surface area contributed by atoms with Gasteiger partial charge in [-0.2, -0.15) is 0 Å². The Hall–Kier alpha value is -2.40. The number of carbonyl (C=O) groups excluding carboxylic acids is 2. The van der Waals surface area contributed by atoms with Gasteiger partial charge >= 0.3 is 0 Å². The average molecular weight is 312 g/mol. The number of thiophene rings is 1. The highest BCUT2D eigenvalue weighted by Gasteiger charge is 2.37. The Labute approximate surface area is 133 Å². The first-order valence-electron chi connectivity index (χ1n) is 7.08. The van der Waals surface area contributed by atoms with Crippen molar-refractivity contribution in [3.63, 3.8) is 0 Å². The quantitative estimate of drug-likeness (QED) is 0.882. The van der Waals surface area contributed by atoms with Gasteiger partial charge in [0, 0.05) is 17.6 Å². The van der Waals surface area contributed by atoms with Crippen LogP contribution in [0.4, 0.5) is 5.69 Å². The van der Waals surface area contributed by atoms with E-state index in [0.29, 0.717) is 11.3 Å². The smallest absolute Gasteiger partial charge is 0.277 e. The Bertz CT molecular complexity index is 745. The molecule has 0 atom stereocenters. The predicted octanol–water partition coefficient (Wildman–Crippen LogP) is 3.13. The summed E-state index contributed by atoms with van der Waals surface area (Å²) in [4.78, 5) is 26.6. The number of anilines is 1. The van der Waals surface area contributed by atoms with Gasteiger partial charge in [0.25, 0.3) is 11.8 Å². The van der Waals surface area contributed by atoms with Crippen LogP contribution >= 0.6 is 11.3 Å². The molecular weight excluding hydrogens is 296 g/mol. The molecule has 4 nitrogen and oxygen atoms in total. The minimum atomic E-state index is -0.298. The van der Waals surface area contributed by atoms with Crippen LogP contribution in [-0.4, -0.2) is 23.8 Å². The van der Waals surface area contributed by atoms with E-state index in [2.05, 4.69) is 12.2 Å². The molecule has 0 spiro atoms. The predicted molar refractivity (Wildman–Crippen MR) is 88.5 cm³/mol. The van der Waals surface area contributed by atoms with Gasteiger partial charge in [0.05, 0.1) is 5.57 Å². The lowest BCUT2D eigenvalue weighted by Crippen LogP contribution is -2.27. The van der Waals surface area contributed by atoms with Crippen molar-refractivity contribution in [1.82, 2.24) is 4.90 Å². The molecule has 112 valence electrons. The first-order chi connectivity index (χ1) is 10.6. The molecule has 0 bridgehead atoms. The van der Waals surface area contributed by atoms with Crippen LogP contribution in [-0.2, 0) is 16.0 Å². The molecule has 1 aromatic heterocycles. The minimum Gasteiger partial charge on any atom is -0.350 e. The molecule has 0 saturated heterocycles. The lowest BCUT2D eigenvalue weighted by molar-refractivity contribution is -0.135. The summed E-state index contributed by atoms with van der Waals surface area (Å²) in [6.45, 7) is 2.09. The van der Waals surface area contributed by atoms with Crippen molar-refractivity contribution in [3.05, 3.63) is 57.9 Å². The van der Waals surface area contributed by atoms with Crippen LogP contribution in [0.3, 0.4) is 0 Å². The zero-order valence-electron chi connectivity index (χ0n) is 12.4. The maximum absolute atomic E-state index is 12.3. The van der Waals surface area contributed by atoms with Gasteiger partial charge in [-0.15, -0.1) is 11.3 Å². The fourth-order valence-electron chi connectivity index (χ4n) is 2.37. The molecule has 2 amide bonds. The number of rotatable bonds is 4. The summed E-state index contributed by atoms with van der Waals surface area (Å²) in [5, 5.41) is 5.01. The Morgan fingerprint density at radius 1 is 1.09 bits per heavy atom. The van der Waals surface area contributed by atoms with Crippen LogP contribution < -0.4 is 5.32 Å². The average Bonchev–Trinajstić information content (AvgIpc) is 3.13. The Kier molecular flexibility index (Phi) is 3.81. The van der Waals surface area contributed by atoms with E-state index in [-0.39, 0.29) is 11.8 Å². The Morgan fingerprint density at radius 3 is 2.41 bits per heavy atom. The molecule has 5 heteroatoms. The van der Waals surface area contributed by atoms with Gasteiger partial charge in [-0.3, -0.25) is 14.5 Å².